The van der Waals surface area contributed by atoms with Gasteiger partial charge in [0, 0.05) is 32.2 Å². The number of nitrogens with one attached hydrogen (secondary N) is 1. The van der Waals surface area contributed by atoms with E-state index in [0.29, 0.717) is 6.04 Å². The van der Waals surface area contributed by atoms with Gasteiger partial charge in [0.05, 0.1) is 0 Å². The molecule has 0 aromatic rings. The zero-order chi connectivity index (χ0) is 14.0. The highest BCUT2D eigenvalue weighted by atomic mass is 15.2. The van der Waals surface area contributed by atoms with Crippen molar-refractivity contribution in [2.45, 2.75) is 46.6 Å². The van der Waals surface area contributed by atoms with Crippen LogP contribution in [0.15, 0.2) is 0 Å². The van der Waals surface area contributed by atoms with Crippen molar-refractivity contribution < 1.29 is 0 Å². The van der Waals surface area contributed by atoms with E-state index >= 15 is 0 Å². The molecule has 0 aromatic heterocycles. The van der Waals surface area contributed by atoms with E-state index in [-0.39, 0.29) is 0 Å². The lowest BCUT2D eigenvalue weighted by Gasteiger charge is -2.30. The molecule has 1 atom stereocenters. The molecular formula is C15H35N3. The van der Waals surface area contributed by atoms with Crippen LogP contribution in [-0.4, -0.2) is 62.7 Å². The SMILES string of the molecule is CCCNC(CC)CN(CCN(C)C)CC(C)C. The third kappa shape index (κ3) is 9.86. The number of likely N-dealkylation sites (N-methyl/N-ethyl adjacent to an activating group) is 1. The molecule has 0 aromatic carbocycles. The summed E-state index contributed by atoms with van der Waals surface area (Å²) in [6, 6.07) is 0.644. The second-order valence-electron chi connectivity index (χ2n) is 6.02. The fourth-order valence-corrected chi connectivity index (χ4v) is 2.11. The van der Waals surface area contributed by atoms with Crippen molar-refractivity contribution in [2.24, 2.45) is 5.92 Å². The van der Waals surface area contributed by atoms with Crippen LogP contribution in [0.4, 0.5) is 0 Å². The Bertz CT molecular complexity index is 181. The molecule has 3 heteroatoms. The van der Waals surface area contributed by atoms with Crippen LogP contribution in [0.5, 0.6) is 0 Å². The van der Waals surface area contributed by atoms with Gasteiger partial charge in [-0.1, -0.05) is 27.7 Å². The third-order valence-electron chi connectivity index (χ3n) is 3.14. The summed E-state index contributed by atoms with van der Waals surface area (Å²) in [5.74, 6) is 0.746. The zero-order valence-corrected chi connectivity index (χ0v) is 13.5. The van der Waals surface area contributed by atoms with Crippen molar-refractivity contribution >= 4 is 0 Å². The van der Waals surface area contributed by atoms with Crippen LogP contribution < -0.4 is 5.32 Å². The first-order chi connectivity index (χ1) is 8.49. The minimum absolute atomic E-state index is 0.644. The molecule has 110 valence electrons. The highest BCUT2D eigenvalue weighted by molar-refractivity contribution is 4.72. The van der Waals surface area contributed by atoms with Gasteiger partial charge in [-0.05, 0) is 39.4 Å². The largest absolute Gasteiger partial charge is 0.313 e. The topological polar surface area (TPSA) is 18.5 Å². The van der Waals surface area contributed by atoms with Gasteiger partial charge >= 0.3 is 0 Å². The molecule has 1 N–H and O–H groups in total. The molecule has 0 rings (SSSR count). The molecule has 0 spiro atoms. The number of hydrogen-bond acceptors (Lipinski definition) is 3. The van der Waals surface area contributed by atoms with E-state index in [1.165, 1.54) is 32.5 Å². The van der Waals surface area contributed by atoms with Crippen molar-refractivity contribution in [3.8, 4) is 0 Å². The predicted molar refractivity (Wildman–Crippen MR) is 82.2 cm³/mol. The van der Waals surface area contributed by atoms with Crippen LogP contribution >= 0.6 is 0 Å². The van der Waals surface area contributed by atoms with Gasteiger partial charge in [0.2, 0.25) is 0 Å². The normalized spacial score (nSPS) is 13.8. The lowest BCUT2D eigenvalue weighted by molar-refractivity contribution is 0.196. The van der Waals surface area contributed by atoms with Gasteiger partial charge in [0.25, 0.3) is 0 Å². The fourth-order valence-electron chi connectivity index (χ4n) is 2.11. The van der Waals surface area contributed by atoms with E-state index in [2.05, 4.69) is 56.9 Å². The Balaban J connectivity index is 4.16. The Morgan fingerprint density at radius 2 is 1.67 bits per heavy atom. The molecule has 0 radical (unpaired) electrons. The van der Waals surface area contributed by atoms with Gasteiger partial charge in [0.1, 0.15) is 0 Å². The fraction of sp³-hybridized carbons (Fsp3) is 1.00. The average Bonchev–Trinajstić information content (AvgIpc) is 2.30. The van der Waals surface area contributed by atoms with Gasteiger partial charge in [-0.25, -0.2) is 0 Å². The minimum atomic E-state index is 0.644. The van der Waals surface area contributed by atoms with E-state index in [1.54, 1.807) is 0 Å². The number of rotatable bonds is 11. The van der Waals surface area contributed by atoms with E-state index in [1.807, 2.05) is 0 Å². The minimum Gasteiger partial charge on any atom is -0.313 e. The average molecular weight is 257 g/mol. The maximum Gasteiger partial charge on any atom is 0.0192 e. The summed E-state index contributed by atoms with van der Waals surface area (Å²) in [5, 5.41) is 3.66. The van der Waals surface area contributed by atoms with E-state index in [0.717, 1.165) is 19.0 Å². The molecular weight excluding hydrogens is 222 g/mol. The lowest BCUT2D eigenvalue weighted by Crippen LogP contribution is -2.44. The van der Waals surface area contributed by atoms with E-state index < -0.39 is 0 Å². The molecule has 0 aliphatic heterocycles. The Labute approximate surface area is 115 Å². The van der Waals surface area contributed by atoms with E-state index in [9.17, 15) is 0 Å². The molecule has 18 heavy (non-hydrogen) atoms. The number of hydrogen-bond donors (Lipinski definition) is 1. The summed E-state index contributed by atoms with van der Waals surface area (Å²) < 4.78 is 0. The molecule has 0 saturated carbocycles. The van der Waals surface area contributed by atoms with Crippen LogP contribution in [0.25, 0.3) is 0 Å². The first-order valence-electron chi connectivity index (χ1n) is 7.60. The van der Waals surface area contributed by atoms with Gasteiger partial charge in [-0.15, -0.1) is 0 Å². The first-order valence-corrected chi connectivity index (χ1v) is 7.60. The van der Waals surface area contributed by atoms with Crippen LogP contribution in [0.2, 0.25) is 0 Å². The summed E-state index contributed by atoms with van der Waals surface area (Å²) in [6.07, 6.45) is 2.44. The van der Waals surface area contributed by atoms with Crippen molar-refractivity contribution in [3.63, 3.8) is 0 Å². The van der Waals surface area contributed by atoms with Gasteiger partial charge in [0.15, 0.2) is 0 Å². The van der Waals surface area contributed by atoms with Crippen molar-refractivity contribution in [2.75, 3.05) is 46.8 Å². The lowest BCUT2D eigenvalue weighted by atomic mass is 10.1. The highest BCUT2D eigenvalue weighted by Crippen LogP contribution is 2.03. The van der Waals surface area contributed by atoms with Crippen LogP contribution in [0, 0.1) is 5.92 Å². The van der Waals surface area contributed by atoms with Crippen molar-refractivity contribution in [1.29, 1.82) is 0 Å². The summed E-state index contributed by atoms with van der Waals surface area (Å²) in [7, 11) is 4.31. The van der Waals surface area contributed by atoms with Gasteiger partial charge in [-0.2, -0.15) is 0 Å². The molecule has 0 fully saturated rings. The van der Waals surface area contributed by atoms with E-state index in [4.69, 9.17) is 0 Å². The molecule has 1 unspecified atom stereocenters. The molecule has 3 nitrogen and oxygen atoms in total. The molecule has 0 aliphatic carbocycles. The molecule has 0 bridgehead atoms. The summed E-state index contributed by atoms with van der Waals surface area (Å²) >= 11 is 0. The summed E-state index contributed by atoms with van der Waals surface area (Å²) in [6.45, 7) is 15.0. The quantitative estimate of drug-likeness (QED) is 0.613. The highest BCUT2D eigenvalue weighted by Gasteiger charge is 2.13. The Kier molecular flexibility index (Phi) is 10.7. The second-order valence-corrected chi connectivity index (χ2v) is 6.02. The Morgan fingerprint density at radius 3 is 2.11 bits per heavy atom. The van der Waals surface area contributed by atoms with Gasteiger partial charge in [-0.3, -0.25) is 0 Å². The van der Waals surface area contributed by atoms with Crippen molar-refractivity contribution in [3.05, 3.63) is 0 Å². The maximum atomic E-state index is 3.66. The monoisotopic (exact) mass is 257 g/mol. The van der Waals surface area contributed by atoms with Crippen molar-refractivity contribution in [1.82, 2.24) is 15.1 Å². The summed E-state index contributed by atoms with van der Waals surface area (Å²) in [4.78, 5) is 4.88. The first kappa shape index (κ1) is 17.9. The zero-order valence-electron chi connectivity index (χ0n) is 13.5. The second kappa shape index (κ2) is 10.8. The molecule has 0 saturated heterocycles. The molecule has 0 heterocycles. The number of nitrogens with zero attached hydrogens (tertiary/aromatic N) is 2. The Morgan fingerprint density at radius 1 is 1.00 bits per heavy atom. The standard InChI is InChI=1S/C15H35N3/c1-7-9-16-15(8-2)13-18(12-14(3)4)11-10-17(5)6/h14-16H,7-13H2,1-6H3. The Hall–Kier alpha value is -0.120. The third-order valence-corrected chi connectivity index (χ3v) is 3.14. The summed E-state index contributed by atoms with van der Waals surface area (Å²) in [5.41, 5.74) is 0. The van der Waals surface area contributed by atoms with Crippen LogP contribution in [0.3, 0.4) is 0 Å². The van der Waals surface area contributed by atoms with Crippen LogP contribution in [-0.2, 0) is 0 Å². The molecule has 0 aliphatic rings. The smallest absolute Gasteiger partial charge is 0.0192 e. The van der Waals surface area contributed by atoms with Gasteiger partial charge < -0.3 is 15.1 Å². The molecule has 0 amide bonds. The van der Waals surface area contributed by atoms with Crippen LogP contribution in [0.1, 0.15) is 40.5 Å². The predicted octanol–water partition coefficient (Wildman–Crippen LogP) is 2.28. The maximum absolute atomic E-state index is 3.66.